The van der Waals surface area contributed by atoms with Crippen LogP contribution in [0.15, 0.2) is 6.20 Å². The highest BCUT2D eigenvalue weighted by atomic mass is 16.1. The molecule has 5 heteroatoms. The summed E-state index contributed by atoms with van der Waals surface area (Å²) >= 11 is 0. The molecule has 15 heavy (non-hydrogen) atoms. The molecule has 1 heterocycles. The van der Waals surface area contributed by atoms with Crippen LogP contribution in [-0.4, -0.2) is 28.5 Å². The average molecular weight is 208 g/mol. The van der Waals surface area contributed by atoms with Gasteiger partial charge >= 0.3 is 0 Å². The number of hydrogen-bond acceptors (Lipinski definition) is 4. The summed E-state index contributed by atoms with van der Waals surface area (Å²) in [6, 6.07) is -0.0433. The van der Waals surface area contributed by atoms with Crippen LogP contribution in [-0.2, 0) is 0 Å². The molecule has 0 saturated heterocycles. The van der Waals surface area contributed by atoms with E-state index in [1.165, 1.54) is 6.20 Å². The first kappa shape index (κ1) is 11.6. The van der Waals surface area contributed by atoms with Crippen molar-refractivity contribution in [2.24, 2.45) is 5.73 Å². The molecule has 1 amide bonds. The Balaban J connectivity index is 2.82. The Kier molecular flexibility index (Phi) is 3.74. The maximum Gasteiger partial charge on any atom is 0.254 e. The van der Waals surface area contributed by atoms with Crippen LogP contribution in [0.2, 0.25) is 0 Å². The molecule has 1 aromatic heterocycles. The largest absolute Gasteiger partial charge is 0.348 e. The minimum atomic E-state index is -0.176. The number of hydrogen-bond donors (Lipinski definition) is 2. The monoisotopic (exact) mass is 208 g/mol. The number of carbonyl (C=O) groups is 1. The van der Waals surface area contributed by atoms with Gasteiger partial charge in [0, 0.05) is 18.8 Å². The fraction of sp³-hybridized carbons (Fsp3) is 0.500. The van der Waals surface area contributed by atoms with Crippen LogP contribution in [0.25, 0.3) is 0 Å². The summed E-state index contributed by atoms with van der Waals surface area (Å²) in [4.78, 5) is 19.8. The summed E-state index contributed by atoms with van der Waals surface area (Å²) in [6.45, 7) is 5.84. The van der Waals surface area contributed by atoms with Gasteiger partial charge in [0.25, 0.3) is 5.91 Å². The van der Waals surface area contributed by atoms with Crippen LogP contribution < -0.4 is 11.1 Å². The molecule has 0 aliphatic carbocycles. The van der Waals surface area contributed by atoms with Crippen molar-refractivity contribution in [2.75, 3.05) is 6.54 Å². The van der Waals surface area contributed by atoms with Crippen LogP contribution in [0.4, 0.5) is 0 Å². The Labute approximate surface area is 89.1 Å². The molecule has 3 N–H and O–H groups in total. The lowest BCUT2D eigenvalue weighted by molar-refractivity contribution is 0.0940. The topological polar surface area (TPSA) is 80.9 Å². The van der Waals surface area contributed by atoms with E-state index in [9.17, 15) is 4.79 Å². The quantitative estimate of drug-likeness (QED) is 0.742. The van der Waals surface area contributed by atoms with Crippen molar-refractivity contribution >= 4 is 5.91 Å². The van der Waals surface area contributed by atoms with Gasteiger partial charge in [-0.3, -0.25) is 4.79 Å². The molecule has 0 bridgehead atoms. The van der Waals surface area contributed by atoms with E-state index >= 15 is 0 Å². The van der Waals surface area contributed by atoms with Gasteiger partial charge in [0.2, 0.25) is 0 Å². The predicted molar refractivity (Wildman–Crippen MR) is 57.5 cm³/mol. The smallest absolute Gasteiger partial charge is 0.254 e. The molecule has 82 valence electrons. The highest BCUT2D eigenvalue weighted by molar-refractivity contribution is 5.95. The van der Waals surface area contributed by atoms with Gasteiger partial charge in [0.15, 0.2) is 0 Å². The lowest BCUT2D eigenvalue weighted by Gasteiger charge is -2.12. The molecule has 1 unspecified atom stereocenters. The Bertz CT molecular complexity index is 364. The van der Waals surface area contributed by atoms with E-state index < -0.39 is 0 Å². The molecule has 1 atom stereocenters. The van der Waals surface area contributed by atoms with E-state index in [0.29, 0.717) is 23.6 Å². The third-order valence-electron chi connectivity index (χ3n) is 2.08. The lowest BCUT2D eigenvalue weighted by atomic mass is 10.2. The summed E-state index contributed by atoms with van der Waals surface area (Å²) < 4.78 is 0. The molecular formula is C10H16N4O. The third-order valence-corrected chi connectivity index (χ3v) is 2.08. The fourth-order valence-electron chi connectivity index (χ4n) is 1.17. The SMILES string of the molecule is Cc1ncc(C(=O)NC(C)CN)c(C)n1. The molecule has 0 fully saturated rings. The number of rotatable bonds is 3. The van der Waals surface area contributed by atoms with E-state index in [1.807, 2.05) is 6.92 Å². The molecule has 1 aromatic rings. The molecule has 0 radical (unpaired) electrons. The molecule has 0 saturated carbocycles. The highest BCUT2D eigenvalue weighted by Crippen LogP contribution is 2.03. The molecule has 5 nitrogen and oxygen atoms in total. The summed E-state index contributed by atoms with van der Waals surface area (Å²) in [5.74, 6) is 0.487. The van der Waals surface area contributed by atoms with Crippen molar-refractivity contribution in [1.82, 2.24) is 15.3 Å². The molecule has 0 aliphatic rings. The standard InChI is InChI=1S/C10H16N4O/c1-6(4-11)13-10(15)9-5-12-8(3)14-7(9)2/h5-6H,4,11H2,1-3H3,(H,13,15). The Hall–Kier alpha value is -1.49. The Morgan fingerprint density at radius 3 is 2.80 bits per heavy atom. The van der Waals surface area contributed by atoms with Gasteiger partial charge in [-0.05, 0) is 20.8 Å². The van der Waals surface area contributed by atoms with Gasteiger partial charge in [-0.2, -0.15) is 0 Å². The zero-order chi connectivity index (χ0) is 11.4. The van der Waals surface area contributed by atoms with Gasteiger partial charge in [0.1, 0.15) is 5.82 Å². The lowest BCUT2D eigenvalue weighted by Crippen LogP contribution is -2.38. The van der Waals surface area contributed by atoms with E-state index in [4.69, 9.17) is 5.73 Å². The minimum Gasteiger partial charge on any atom is -0.348 e. The summed E-state index contributed by atoms with van der Waals surface area (Å²) in [5.41, 5.74) is 6.60. The zero-order valence-corrected chi connectivity index (χ0v) is 9.24. The molecule has 1 rings (SSSR count). The number of aromatic nitrogens is 2. The van der Waals surface area contributed by atoms with Gasteiger partial charge < -0.3 is 11.1 Å². The number of aryl methyl sites for hydroxylation is 2. The second-order valence-electron chi connectivity index (χ2n) is 3.53. The number of nitrogens with one attached hydrogen (secondary N) is 1. The van der Waals surface area contributed by atoms with Crippen LogP contribution in [0.1, 0.15) is 28.8 Å². The van der Waals surface area contributed by atoms with Crippen molar-refractivity contribution in [3.05, 3.63) is 23.3 Å². The number of nitrogens with two attached hydrogens (primary N) is 1. The number of nitrogens with zero attached hydrogens (tertiary/aromatic N) is 2. The van der Waals surface area contributed by atoms with E-state index in [-0.39, 0.29) is 11.9 Å². The minimum absolute atomic E-state index is 0.0433. The van der Waals surface area contributed by atoms with Crippen molar-refractivity contribution in [2.45, 2.75) is 26.8 Å². The van der Waals surface area contributed by atoms with Crippen molar-refractivity contribution in [3.8, 4) is 0 Å². The Morgan fingerprint density at radius 2 is 2.27 bits per heavy atom. The van der Waals surface area contributed by atoms with E-state index in [1.54, 1.807) is 13.8 Å². The molecule has 0 spiro atoms. The average Bonchev–Trinajstić information content (AvgIpc) is 2.17. The van der Waals surface area contributed by atoms with Crippen molar-refractivity contribution in [1.29, 1.82) is 0 Å². The van der Waals surface area contributed by atoms with Crippen molar-refractivity contribution < 1.29 is 4.79 Å². The molecular weight excluding hydrogens is 192 g/mol. The van der Waals surface area contributed by atoms with Gasteiger partial charge in [-0.15, -0.1) is 0 Å². The molecule has 0 aromatic carbocycles. The number of carbonyl (C=O) groups excluding carboxylic acids is 1. The fourth-order valence-corrected chi connectivity index (χ4v) is 1.17. The number of amides is 1. The van der Waals surface area contributed by atoms with E-state index in [2.05, 4.69) is 15.3 Å². The van der Waals surface area contributed by atoms with Gasteiger partial charge in [-0.1, -0.05) is 0 Å². The van der Waals surface area contributed by atoms with Gasteiger partial charge in [-0.25, -0.2) is 9.97 Å². The van der Waals surface area contributed by atoms with Gasteiger partial charge in [0.05, 0.1) is 11.3 Å². The molecule has 0 aliphatic heterocycles. The summed E-state index contributed by atoms with van der Waals surface area (Å²) in [6.07, 6.45) is 1.54. The van der Waals surface area contributed by atoms with Crippen molar-refractivity contribution in [3.63, 3.8) is 0 Å². The maximum atomic E-state index is 11.7. The second-order valence-corrected chi connectivity index (χ2v) is 3.53. The summed E-state index contributed by atoms with van der Waals surface area (Å²) in [7, 11) is 0. The van der Waals surface area contributed by atoms with Crippen LogP contribution >= 0.6 is 0 Å². The predicted octanol–water partition coefficient (Wildman–Crippen LogP) is 0.170. The van der Waals surface area contributed by atoms with Crippen LogP contribution in [0.3, 0.4) is 0 Å². The van der Waals surface area contributed by atoms with Crippen LogP contribution in [0.5, 0.6) is 0 Å². The second kappa shape index (κ2) is 4.84. The summed E-state index contributed by atoms with van der Waals surface area (Å²) in [5, 5.41) is 2.76. The normalized spacial score (nSPS) is 12.3. The third kappa shape index (κ3) is 2.99. The Morgan fingerprint density at radius 1 is 1.60 bits per heavy atom. The first-order valence-corrected chi connectivity index (χ1v) is 4.85. The first-order valence-electron chi connectivity index (χ1n) is 4.85. The van der Waals surface area contributed by atoms with Crippen LogP contribution in [0, 0.1) is 13.8 Å². The zero-order valence-electron chi connectivity index (χ0n) is 9.24. The maximum absolute atomic E-state index is 11.7. The van der Waals surface area contributed by atoms with E-state index in [0.717, 1.165) is 0 Å². The first-order chi connectivity index (χ1) is 7.04. The highest BCUT2D eigenvalue weighted by Gasteiger charge is 2.12.